The smallest absolute Gasteiger partial charge is 0.246 e. The standard InChI is InChI=1S/C36H26BNSi/c1-4-15-27(16-5-1)37-30-21-10-11-23-32(30)38-33-24-12-13-25-34(33)39(28-17-6-2-7-18-28,29-19-8-3-9-20-29)35-26-14-22-31(37)36(35)38/h1-26H. The molecule has 182 valence electrons. The van der Waals surface area contributed by atoms with E-state index in [1.54, 1.807) is 0 Å². The Hall–Kier alpha value is -4.60. The molecule has 3 heteroatoms. The molecule has 2 aliphatic heterocycles. The van der Waals surface area contributed by atoms with Crippen LogP contribution in [-0.4, -0.2) is 14.8 Å². The van der Waals surface area contributed by atoms with Gasteiger partial charge in [0.15, 0.2) is 8.07 Å². The van der Waals surface area contributed by atoms with Crippen LogP contribution in [0.4, 0.5) is 17.1 Å². The predicted molar refractivity (Wildman–Crippen MR) is 169 cm³/mol. The molecule has 0 bridgehead atoms. The summed E-state index contributed by atoms with van der Waals surface area (Å²) in [4.78, 5) is 2.56. The van der Waals surface area contributed by atoms with Gasteiger partial charge in [-0.1, -0.05) is 151 Å². The van der Waals surface area contributed by atoms with Crippen LogP contribution >= 0.6 is 0 Å². The molecule has 0 saturated heterocycles. The highest BCUT2D eigenvalue weighted by molar-refractivity contribution is 7.22. The summed E-state index contributed by atoms with van der Waals surface area (Å²) in [6.07, 6.45) is 0. The van der Waals surface area contributed by atoms with E-state index >= 15 is 0 Å². The van der Waals surface area contributed by atoms with E-state index in [0.29, 0.717) is 0 Å². The van der Waals surface area contributed by atoms with Crippen molar-refractivity contribution < 1.29 is 0 Å². The van der Waals surface area contributed by atoms with Crippen LogP contribution in [-0.2, 0) is 0 Å². The van der Waals surface area contributed by atoms with Crippen molar-refractivity contribution in [1.29, 1.82) is 0 Å². The molecule has 0 saturated carbocycles. The van der Waals surface area contributed by atoms with Crippen molar-refractivity contribution in [2.24, 2.45) is 0 Å². The van der Waals surface area contributed by atoms with Crippen LogP contribution in [0, 0.1) is 0 Å². The fourth-order valence-corrected chi connectivity index (χ4v) is 12.3. The number of nitrogens with zero attached hydrogens (tertiary/aromatic N) is 1. The Morgan fingerprint density at radius 1 is 0.410 bits per heavy atom. The van der Waals surface area contributed by atoms with Crippen LogP contribution in [0.25, 0.3) is 0 Å². The van der Waals surface area contributed by atoms with E-state index in [-0.39, 0.29) is 6.71 Å². The number of para-hydroxylation sites is 3. The van der Waals surface area contributed by atoms with Gasteiger partial charge in [-0.25, -0.2) is 0 Å². The highest BCUT2D eigenvalue weighted by atomic mass is 28.3. The topological polar surface area (TPSA) is 3.24 Å². The molecule has 0 amide bonds. The zero-order valence-electron chi connectivity index (χ0n) is 21.5. The summed E-state index contributed by atoms with van der Waals surface area (Å²) in [7, 11) is -2.63. The lowest BCUT2D eigenvalue weighted by atomic mass is 9.35. The van der Waals surface area contributed by atoms with Crippen molar-refractivity contribution in [2.75, 3.05) is 4.90 Å². The Morgan fingerprint density at radius 2 is 0.923 bits per heavy atom. The third-order valence-corrected chi connectivity index (χ3v) is 13.4. The van der Waals surface area contributed by atoms with Gasteiger partial charge in [-0.15, -0.1) is 0 Å². The minimum atomic E-state index is -2.63. The lowest BCUT2D eigenvalue weighted by Gasteiger charge is -2.48. The van der Waals surface area contributed by atoms with Gasteiger partial charge in [0.1, 0.15) is 0 Å². The van der Waals surface area contributed by atoms with Gasteiger partial charge in [-0.3, -0.25) is 0 Å². The fourth-order valence-electron chi connectivity index (χ4n) is 7.12. The van der Waals surface area contributed by atoms with Crippen molar-refractivity contribution in [2.45, 2.75) is 0 Å². The maximum Gasteiger partial charge on any atom is 0.246 e. The van der Waals surface area contributed by atoms with Gasteiger partial charge in [0, 0.05) is 17.1 Å². The Balaban J connectivity index is 1.56. The number of hydrogen-bond acceptors (Lipinski definition) is 1. The molecular weight excluding hydrogens is 485 g/mol. The van der Waals surface area contributed by atoms with Gasteiger partial charge in [0.2, 0.25) is 6.71 Å². The minimum absolute atomic E-state index is 0.178. The Morgan fingerprint density at radius 3 is 1.62 bits per heavy atom. The molecule has 1 nitrogen and oxygen atoms in total. The first-order valence-corrected chi connectivity index (χ1v) is 15.7. The van der Waals surface area contributed by atoms with E-state index in [9.17, 15) is 0 Å². The van der Waals surface area contributed by atoms with E-state index in [0.717, 1.165) is 0 Å². The van der Waals surface area contributed by atoms with E-state index in [1.165, 1.54) is 54.2 Å². The summed E-state index contributed by atoms with van der Waals surface area (Å²) in [6.45, 7) is 0.178. The number of fused-ring (bicyclic) bond motifs is 4. The van der Waals surface area contributed by atoms with Crippen molar-refractivity contribution >= 4 is 69.0 Å². The van der Waals surface area contributed by atoms with Gasteiger partial charge in [0.25, 0.3) is 0 Å². The highest BCUT2D eigenvalue weighted by Gasteiger charge is 2.51. The highest BCUT2D eigenvalue weighted by Crippen LogP contribution is 2.39. The monoisotopic (exact) mass is 511 g/mol. The average molecular weight is 512 g/mol. The van der Waals surface area contributed by atoms with Gasteiger partial charge in [-0.2, -0.15) is 0 Å². The molecule has 2 aliphatic rings. The van der Waals surface area contributed by atoms with Crippen molar-refractivity contribution in [3.05, 3.63) is 158 Å². The third kappa shape index (κ3) is 3.08. The van der Waals surface area contributed by atoms with E-state index in [2.05, 4.69) is 163 Å². The molecule has 0 fully saturated rings. The zero-order valence-corrected chi connectivity index (χ0v) is 22.5. The van der Waals surface area contributed by atoms with Crippen LogP contribution in [0.1, 0.15) is 0 Å². The second-order valence-electron chi connectivity index (χ2n) is 10.5. The van der Waals surface area contributed by atoms with Crippen LogP contribution in [0.15, 0.2) is 158 Å². The fraction of sp³-hybridized carbons (Fsp3) is 0. The maximum absolute atomic E-state index is 2.63. The Labute approximate surface area is 231 Å². The normalized spacial score (nSPS) is 14.3. The molecule has 6 aromatic rings. The van der Waals surface area contributed by atoms with Gasteiger partial charge < -0.3 is 4.90 Å². The molecule has 2 heterocycles. The lowest BCUT2D eigenvalue weighted by molar-refractivity contribution is 1.30. The summed E-state index contributed by atoms with van der Waals surface area (Å²) < 4.78 is 0. The summed E-state index contributed by atoms with van der Waals surface area (Å²) >= 11 is 0. The summed E-state index contributed by atoms with van der Waals surface area (Å²) in [6, 6.07) is 58.8. The second-order valence-corrected chi connectivity index (χ2v) is 14.2. The third-order valence-electron chi connectivity index (χ3n) is 8.59. The van der Waals surface area contributed by atoms with E-state index in [4.69, 9.17) is 0 Å². The first-order valence-electron chi connectivity index (χ1n) is 13.7. The summed E-state index contributed by atoms with van der Waals surface area (Å²) in [5.41, 5.74) is 8.03. The Bertz CT molecular complexity index is 1780. The van der Waals surface area contributed by atoms with Crippen molar-refractivity contribution in [3.8, 4) is 0 Å². The quantitative estimate of drug-likeness (QED) is 0.327. The predicted octanol–water partition coefficient (Wildman–Crippen LogP) is 3.68. The van der Waals surface area contributed by atoms with Gasteiger partial charge in [0.05, 0.1) is 0 Å². The zero-order chi connectivity index (χ0) is 25.8. The number of anilines is 3. The van der Waals surface area contributed by atoms with E-state index < -0.39 is 8.07 Å². The average Bonchev–Trinajstić information content (AvgIpc) is 3.02. The van der Waals surface area contributed by atoms with E-state index in [1.807, 2.05) is 0 Å². The first kappa shape index (κ1) is 22.4. The van der Waals surface area contributed by atoms with Crippen LogP contribution < -0.4 is 42.0 Å². The van der Waals surface area contributed by atoms with Crippen molar-refractivity contribution in [1.82, 2.24) is 0 Å². The molecule has 0 aromatic heterocycles. The molecule has 39 heavy (non-hydrogen) atoms. The maximum atomic E-state index is 2.56. The molecule has 0 aliphatic carbocycles. The van der Waals surface area contributed by atoms with Crippen LogP contribution in [0.5, 0.6) is 0 Å². The molecule has 6 aromatic carbocycles. The number of rotatable bonds is 3. The Kier molecular flexibility index (Phi) is 5.01. The molecule has 8 rings (SSSR count). The first-order chi connectivity index (χ1) is 19.4. The largest absolute Gasteiger partial charge is 0.312 e. The molecule has 0 N–H and O–H groups in total. The lowest BCUT2D eigenvalue weighted by Crippen LogP contribution is -2.78. The van der Waals surface area contributed by atoms with Crippen LogP contribution in [0.3, 0.4) is 0 Å². The molecule has 0 radical (unpaired) electrons. The molecule has 0 spiro atoms. The van der Waals surface area contributed by atoms with Crippen LogP contribution in [0.2, 0.25) is 0 Å². The number of benzene rings is 6. The summed E-state index contributed by atoms with van der Waals surface area (Å²) in [5, 5.41) is 5.75. The molecule has 0 unspecified atom stereocenters. The summed E-state index contributed by atoms with van der Waals surface area (Å²) in [5.74, 6) is 0. The molecule has 0 atom stereocenters. The van der Waals surface area contributed by atoms with Gasteiger partial charge in [-0.05, 0) is 43.8 Å². The van der Waals surface area contributed by atoms with Gasteiger partial charge >= 0.3 is 0 Å². The molecular formula is C36H26BNSi. The van der Waals surface area contributed by atoms with Crippen molar-refractivity contribution in [3.63, 3.8) is 0 Å². The number of hydrogen-bond donors (Lipinski definition) is 0. The SMILES string of the molecule is c1ccc(B2c3ccccc3N3c4ccccc4[Si](c4ccccc4)(c4ccccc4)c4cccc2c43)cc1. The second kappa shape index (κ2) is 8.72. The minimum Gasteiger partial charge on any atom is -0.312 e.